The number of anilines is 1. The Labute approximate surface area is 555 Å². The number of carbonyl (C=O) groups is 8. The molecular weight excluding hydrogens is 1240 g/mol. The largest absolute Gasteiger partial charge is 0.495 e. The van der Waals surface area contributed by atoms with Crippen LogP contribution in [0, 0.1) is 11.8 Å². The molecule has 0 radical (unpaired) electrons. The Morgan fingerprint density at radius 3 is 2.28 bits per heavy atom. The van der Waals surface area contributed by atoms with Crippen LogP contribution in [0.3, 0.4) is 0 Å². The van der Waals surface area contributed by atoms with Crippen LogP contribution in [0.5, 0.6) is 5.75 Å². The Kier molecular flexibility index (Phi) is 30.2. The van der Waals surface area contributed by atoms with Crippen molar-refractivity contribution >= 4 is 75.8 Å². The zero-order valence-corrected chi connectivity index (χ0v) is 57.3. The molecule has 3 aromatic rings. The molecule has 1 saturated heterocycles. The minimum Gasteiger partial charge on any atom is -0.495 e. The first kappa shape index (κ1) is 77.5. The van der Waals surface area contributed by atoms with Gasteiger partial charge < -0.3 is 79.4 Å². The van der Waals surface area contributed by atoms with E-state index in [1.807, 2.05) is 56.4 Å². The number of hydrazine groups is 1. The second-order valence-corrected chi connectivity index (χ2v) is 25.3. The molecule has 1 fully saturated rings. The molecule has 1 aromatic heterocycles. The van der Waals surface area contributed by atoms with Crippen molar-refractivity contribution in [3.05, 3.63) is 82.5 Å². The van der Waals surface area contributed by atoms with Crippen LogP contribution in [0.2, 0.25) is 5.02 Å². The molecule has 10 atom stereocenters. The molecule has 4 bridgehead atoms. The van der Waals surface area contributed by atoms with E-state index in [0.29, 0.717) is 38.2 Å². The molecule has 2 aromatic carbocycles. The number of aryl methyl sites for hydroxylation is 1. The number of alkyl carbamates (subject to hydrolysis) is 1. The Morgan fingerprint density at radius 1 is 0.915 bits per heavy atom. The van der Waals surface area contributed by atoms with Gasteiger partial charge in [0.25, 0.3) is 0 Å². The van der Waals surface area contributed by atoms with Gasteiger partial charge in [-0.1, -0.05) is 74.4 Å². The van der Waals surface area contributed by atoms with Crippen molar-refractivity contribution in [1.29, 1.82) is 0 Å². The van der Waals surface area contributed by atoms with E-state index >= 15 is 0 Å². The molecule has 27 nitrogen and oxygen atoms in total. The molecule has 0 saturated carbocycles. The third-order valence-electron chi connectivity index (χ3n) is 16.9. The van der Waals surface area contributed by atoms with Crippen LogP contribution in [0.15, 0.2) is 66.3 Å². The van der Waals surface area contributed by atoms with E-state index in [4.69, 9.17) is 40.0 Å². The fraction of sp³-hybridized carbons (Fsp3) is 0.606. The van der Waals surface area contributed by atoms with E-state index in [0.717, 1.165) is 27.1 Å². The number of halogens is 1. The first-order valence-corrected chi connectivity index (χ1v) is 32.1. The third-order valence-corrected chi connectivity index (χ3v) is 17.3. The van der Waals surface area contributed by atoms with Gasteiger partial charge >= 0.3 is 18.0 Å². The van der Waals surface area contributed by atoms with Gasteiger partial charge in [0.05, 0.1) is 57.8 Å². The molecule has 0 aliphatic carbocycles. The molecular formula is C66H99ClN10O17. The zero-order valence-electron chi connectivity index (χ0n) is 56.5. The summed E-state index contributed by atoms with van der Waals surface area (Å²) in [5.41, 5.74) is 3.01. The molecule has 28 heteroatoms. The number of carbonyl (C=O) groups excluding carboxylic acids is 7. The summed E-state index contributed by atoms with van der Waals surface area (Å²) >= 11 is 6.81. The number of aliphatic hydroxyl groups is 2. The van der Waals surface area contributed by atoms with Gasteiger partial charge in [-0.3, -0.25) is 39.5 Å². The number of ether oxygens (including phenoxy) is 6. The number of likely N-dealkylation sites (N-methyl/N-ethyl adjacent to an activating group) is 1. The second-order valence-electron chi connectivity index (χ2n) is 24.9. The van der Waals surface area contributed by atoms with Crippen molar-refractivity contribution in [2.24, 2.45) is 11.8 Å². The van der Waals surface area contributed by atoms with Crippen LogP contribution in [0.25, 0.3) is 10.9 Å². The van der Waals surface area contributed by atoms with Crippen molar-refractivity contribution in [1.82, 2.24) is 46.5 Å². The molecule has 6 amide bonds. The summed E-state index contributed by atoms with van der Waals surface area (Å²) in [5.74, 6) is -5.57. The van der Waals surface area contributed by atoms with Gasteiger partial charge in [0.15, 0.2) is 5.72 Å². The monoisotopic (exact) mass is 1340 g/mol. The Bertz CT molecular complexity index is 3140. The maximum absolute atomic E-state index is 14.4. The quantitative estimate of drug-likeness (QED) is 0.0248. The van der Waals surface area contributed by atoms with Gasteiger partial charge in [-0.25, -0.2) is 14.6 Å². The van der Waals surface area contributed by atoms with Gasteiger partial charge in [0.1, 0.15) is 47.2 Å². The van der Waals surface area contributed by atoms with Crippen LogP contribution in [0.4, 0.5) is 10.5 Å². The number of rotatable bonds is 31. The molecule has 9 N–H and O–H groups in total. The normalized spacial score (nSPS) is 22.6. The molecule has 5 rings (SSSR count). The first-order chi connectivity index (χ1) is 44.4. The van der Waals surface area contributed by atoms with E-state index in [9.17, 15) is 53.7 Å². The van der Waals surface area contributed by atoms with Crippen LogP contribution >= 0.6 is 11.6 Å². The van der Waals surface area contributed by atoms with Gasteiger partial charge in [-0.2, -0.15) is 0 Å². The number of esters is 1. The number of carboxylic acids is 1. The maximum atomic E-state index is 14.4. The molecule has 2 unspecified atom stereocenters. The van der Waals surface area contributed by atoms with Crippen molar-refractivity contribution in [2.75, 3.05) is 86.8 Å². The number of nitrogens with zero attached hydrogens (tertiary/aromatic N) is 4. The molecule has 94 heavy (non-hydrogen) atoms. The molecule has 2 aliphatic rings. The highest BCUT2D eigenvalue weighted by Gasteiger charge is 2.49. The fourth-order valence-corrected chi connectivity index (χ4v) is 11.5. The number of aromatic nitrogens is 1. The topological polar surface area (TPSA) is 339 Å². The number of carboxylic acid groups (broad SMARTS) is 1. The number of nitrogens with one attached hydrogen (secondary N) is 6. The Balaban J connectivity index is 1.11. The number of hydrogen-bond acceptors (Lipinski definition) is 19. The van der Waals surface area contributed by atoms with Crippen molar-refractivity contribution < 1.29 is 82.1 Å². The highest BCUT2D eigenvalue weighted by Crippen LogP contribution is 2.39. The van der Waals surface area contributed by atoms with Gasteiger partial charge in [-0.15, -0.1) is 0 Å². The molecule has 2 aliphatic heterocycles. The Morgan fingerprint density at radius 2 is 1.61 bits per heavy atom. The average molecular weight is 1340 g/mol. The third kappa shape index (κ3) is 22.7. The summed E-state index contributed by atoms with van der Waals surface area (Å²) in [5, 5.41) is 50.8. The van der Waals surface area contributed by atoms with Crippen LogP contribution in [-0.4, -0.2) is 213 Å². The summed E-state index contributed by atoms with van der Waals surface area (Å²) in [7, 11) is 9.38. The van der Waals surface area contributed by atoms with E-state index in [1.54, 1.807) is 45.1 Å². The summed E-state index contributed by atoms with van der Waals surface area (Å²) in [6.45, 7) is 13.6. The SMILES string of the molecule is CNN(C)Cc1cc2ccccc2n1CCC(=O)N[C@@H](CCC(=O)O)CNCCOCCOCCC(=O)NC(C(=O)N[C@@H](C)C(=O)N(C)[C@@H](C)C(=O)O[C@H]1CC(=O)N(C)c2cc(cc(OC)c2Cl)C/C(C)=C/C=C/[C@@H](OC)[C@@]2(O)C[C@H](OC(=O)N2)[C@@H](C)CC1(C)O)C(C)C. The predicted molar refractivity (Wildman–Crippen MR) is 352 cm³/mol. The highest BCUT2D eigenvalue weighted by molar-refractivity contribution is 6.35. The summed E-state index contributed by atoms with van der Waals surface area (Å²) in [6, 6.07) is 9.45. The minimum absolute atomic E-state index is 0.00795. The summed E-state index contributed by atoms with van der Waals surface area (Å²) in [4.78, 5) is 109. The lowest BCUT2D eigenvalue weighted by Gasteiger charge is -2.43. The van der Waals surface area contributed by atoms with Gasteiger partial charge in [0.2, 0.25) is 29.5 Å². The standard InChI is InChI=1S/C66H99ClN10O17/c1-40(2)60(72-56(79)24-27-91-29-30-92-28-25-69-38-47(21-22-58(81)82)71-55(78)23-26-77-48(39-74(9)68-8)34-46-18-14-15-19-49(46)77)61(83)70-43(5)62(84)75(10)44(6)63(85)94-54-35-57(80)76(11)50-32-45(33-51(89-12)59(50)67)31-41(3)17-16-20-53(90-13)66(88)37-52(93-64(86)73-66)42(4)36-65(54,7)87/h14-20,32-34,40,42-44,47,52-54,60,68-69,87-88H,21-31,35-39H2,1-13H3,(H,70,83)(H,71,78)(H,72,79)(H,73,86)(H,81,82)/b20-16+,41-17+/t42-,43-,44-,47-,52-,53+,54-,60?,65?,66-/m0/s1. The average Bonchev–Trinajstić information content (AvgIpc) is 1.66. The lowest BCUT2D eigenvalue weighted by atomic mass is 9.81. The minimum atomic E-state index is -2.03. The van der Waals surface area contributed by atoms with E-state index in [1.165, 1.54) is 54.0 Å². The lowest BCUT2D eigenvalue weighted by molar-refractivity contribution is -0.177. The highest BCUT2D eigenvalue weighted by atomic mass is 35.5. The van der Waals surface area contributed by atoms with Gasteiger partial charge in [0, 0.05) is 90.8 Å². The Hall–Kier alpha value is -7.21. The number of methoxy groups -OCH3 is 2. The number of aliphatic carboxylic acids is 1. The smallest absolute Gasteiger partial charge is 0.409 e. The van der Waals surface area contributed by atoms with E-state index in [-0.39, 0.29) is 87.3 Å². The summed E-state index contributed by atoms with van der Waals surface area (Å²) < 4.78 is 36.3. The fourth-order valence-electron chi connectivity index (χ4n) is 11.2. The zero-order chi connectivity index (χ0) is 69.6. The first-order valence-electron chi connectivity index (χ1n) is 31.7. The number of hydrogen-bond donors (Lipinski definition) is 9. The van der Waals surface area contributed by atoms with E-state index < -0.39 is 114 Å². The lowest BCUT2D eigenvalue weighted by Crippen LogP contribution is -2.63. The molecule has 3 heterocycles. The molecule has 0 spiro atoms. The number of allylic oxidation sites excluding steroid dienone is 3. The number of para-hydroxylation sites is 1. The van der Waals surface area contributed by atoms with Crippen LogP contribution in [-0.2, 0) is 76.8 Å². The molecule has 522 valence electrons. The number of amides is 6. The van der Waals surface area contributed by atoms with Gasteiger partial charge in [-0.05, 0) is 101 Å². The second kappa shape index (κ2) is 36.6. The van der Waals surface area contributed by atoms with E-state index in [2.05, 4.69) is 42.6 Å². The van der Waals surface area contributed by atoms with Crippen LogP contribution in [0.1, 0.15) is 105 Å². The number of fused-ring (bicyclic) bond motifs is 5. The predicted octanol–water partition coefficient (Wildman–Crippen LogP) is 4.12. The van der Waals surface area contributed by atoms with Crippen molar-refractivity contribution in [3.63, 3.8) is 0 Å². The summed E-state index contributed by atoms with van der Waals surface area (Å²) in [6.07, 6.45) is 0.0545. The number of benzene rings is 2. The maximum Gasteiger partial charge on any atom is 0.409 e. The van der Waals surface area contributed by atoms with Crippen LogP contribution < -0.4 is 41.6 Å². The van der Waals surface area contributed by atoms with Crippen molar-refractivity contribution in [2.45, 2.75) is 167 Å². The van der Waals surface area contributed by atoms with Crippen molar-refractivity contribution in [3.8, 4) is 5.75 Å².